The highest BCUT2D eigenvalue weighted by molar-refractivity contribution is 8.00. The third kappa shape index (κ3) is 8.39. The van der Waals surface area contributed by atoms with Crippen molar-refractivity contribution < 1.29 is 4.79 Å². The number of hydrogen-bond acceptors (Lipinski definition) is 3. The van der Waals surface area contributed by atoms with Crippen LogP contribution in [0.25, 0.3) is 0 Å². The summed E-state index contributed by atoms with van der Waals surface area (Å²) < 4.78 is 0. The molecule has 0 radical (unpaired) electrons. The zero-order chi connectivity index (χ0) is 12.3. The molecule has 5 heteroatoms. The maximum Gasteiger partial charge on any atom is 0.230 e. The van der Waals surface area contributed by atoms with Crippen molar-refractivity contribution in [2.24, 2.45) is 0 Å². The molecule has 0 aliphatic carbocycles. The SMILES string of the molecule is CCCNCCNC(=O)CSc1ccccc1.Cl. The topological polar surface area (TPSA) is 41.1 Å². The van der Waals surface area contributed by atoms with Gasteiger partial charge in [-0.25, -0.2) is 0 Å². The molecule has 0 spiro atoms. The molecule has 0 atom stereocenters. The van der Waals surface area contributed by atoms with Crippen LogP contribution in [0.4, 0.5) is 0 Å². The predicted octanol–water partition coefficient (Wildman–Crippen LogP) is 2.32. The average molecular weight is 289 g/mol. The van der Waals surface area contributed by atoms with E-state index in [-0.39, 0.29) is 18.3 Å². The van der Waals surface area contributed by atoms with Gasteiger partial charge in [0, 0.05) is 18.0 Å². The summed E-state index contributed by atoms with van der Waals surface area (Å²) in [6.07, 6.45) is 1.12. The van der Waals surface area contributed by atoms with Crippen molar-refractivity contribution in [1.29, 1.82) is 0 Å². The van der Waals surface area contributed by atoms with E-state index in [0.717, 1.165) is 24.4 Å². The van der Waals surface area contributed by atoms with Crippen LogP contribution in [0.1, 0.15) is 13.3 Å². The monoisotopic (exact) mass is 288 g/mol. The normalized spacial score (nSPS) is 9.61. The number of rotatable bonds is 8. The molecule has 1 rings (SSSR count). The first-order valence-electron chi connectivity index (χ1n) is 5.98. The summed E-state index contributed by atoms with van der Waals surface area (Å²) in [4.78, 5) is 12.6. The molecule has 0 fully saturated rings. The fraction of sp³-hybridized carbons (Fsp3) is 0.462. The van der Waals surface area contributed by atoms with Crippen LogP contribution in [-0.4, -0.2) is 31.3 Å². The molecule has 3 nitrogen and oxygen atoms in total. The highest BCUT2D eigenvalue weighted by atomic mass is 35.5. The Balaban J connectivity index is 0.00000289. The number of benzene rings is 1. The molecule has 1 amide bonds. The zero-order valence-corrected chi connectivity index (χ0v) is 12.3. The number of amides is 1. The van der Waals surface area contributed by atoms with Crippen molar-refractivity contribution in [3.63, 3.8) is 0 Å². The first-order valence-corrected chi connectivity index (χ1v) is 6.96. The van der Waals surface area contributed by atoms with Crippen LogP contribution in [0.3, 0.4) is 0 Å². The van der Waals surface area contributed by atoms with Crippen molar-refractivity contribution in [3.05, 3.63) is 30.3 Å². The van der Waals surface area contributed by atoms with E-state index in [1.165, 1.54) is 0 Å². The number of halogens is 1. The summed E-state index contributed by atoms with van der Waals surface area (Å²) in [6.45, 7) is 4.68. The minimum atomic E-state index is 0. The molecular formula is C13H21ClN2OS. The van der Waals surface area contributed by atoms with Gasteiger partial charge in [-0.1, -0.05) is 25.1 Å². The van der Waals surface area contributed by atoms with Crippen LogP contribution in [0.2, 0.25) is 0 Å². The molecular weight excluding hydrogens is 268 g/mol. The number of thioether (sulfide) groups is 1. The van der Waals surface area contributed by atoms with Gasteiger partial charge >= 0.3 is 0 Å². The molecule has 0 aromatic heterocycles. The Morgan fingerprint density at radius 1 is 1.17 bits per heavy atom. The second kappa shape index (κ2) is 11.4. The first-order chi connectivity index (χ1) is 8.33. The Morgan fingerprint density at radius 2 is 1.89 bits per heavy atom. The van der Waals surface area contributed by atoms with E-state index in [4.69, 9.17) is 0 Å². The number of carbonyl (C=O) groups is 1. The maximum atomic E-state index is 11.5. The third-order valence-electron chi connectivity index (χ3n) is 2.16. The molecule has 0 saturated carbocycles. The molecule has 0 aliphatic heterocycles. The standard InChI is InChI=1S/C13H20N2OS.ClH/c1-2-8-14-9-10-15-13(16)11-17-12-6-4-3-5-7-12;/h3-7,14H,2,8-11H2,1H3,(H,15,16);1H. The third-order valence-corrected chi connectivity index (χ3v) is 3.18. The van der Waals surface area contributed by atoms with Gasteiger partial charge in [0.15, 0.2) is 0 Å². The Morgan fingerprint density at radius 3 is 2.56 bits per heavy atom. The lowest BCUT2D eigenvalue weighted by atomic mass is 10.4. The summed E-state index contributed by atoms with van der Waals surface area (Å²) in [5, 5.41) is 6.13. The lowest BCUT2D eigenvalue weighted by Gasteiger charge is -2.05. The number of hydrogen-bond donors (Lipinski definition) is 2. The molecule has 1 aromatic carbocycles. The second-order valence-electron chi connectivity index (χ2n) is 3.70. The average Bonchev–Trinajstić information content (AvgIpc) is 2.37. The quantitative estimate of drug-likeness (QED) is 0.570. The summed E-state index contributed by atoms with van der Waals surface area (Å²) in [6, 6.07) is 9.97. The maximum absolute atomic E-state index is 11.5. The van der Waals surface area contributed by atoms with Crippen LogP contribution < -0.4 is 10.6 Å². The Bertz CT molecular complexity index is 322. The zero-order valence-electron chi connectivity index (χ0n) is 10.6. The van der Waals surface area contributed by atoms with Crippen LogP contribution in [0.15, 0.2) is 35.2 Å². The fourth-order valence-electron chi connectivity index (χ4n) is 1.31. The Labute approximate surface area is 120 Å². The van der Waals surface area contributed by atoms with Gasteiger partial charge in [0.1, 0.15) is 0 Å². The largest absolute Gasteiger partial charge is 0.354 e. The minimum Gasteiger partial charge on any atom is -0.354 e. The Hall–Kier alpha value is -0.710. The second-order valence-corrected chi connectivity index (χ2v) is 4.75. The summed E-state index contributed by atoms with van der Waals surface area (Å²) in [5.41, 5.74) is 0. The van der Waals surface area contributed by atoms with Crippen LogP contribution in [0, 0.1) is 0 Å². The molecule has 0 heterocycles. The Kier molecular flexibility index (Phi) is 10.9. The van der Waals surface area contributed by atoms with Crippen LogP contribution in [0.5, 0.6) is 0 Å². The van der Waals surface area contributed by atoms with Crippen molar-refractivity contribution >= 4 is 30.1 Å². The molecule has 0 unspecified atom stereocenters. The van der Waals surface area contributed by atoms with Crippen molar-refractivity contribution in [2.45, 2.75) is 18.2 Å². The van der Waals surface area contributed by atoms with Gasteiger partial charge in [0.25, 0.3) is 0 Å². The highest BCUT2D eigenvalue weighted by Gasteiger charge is 2.01. The smallest absolute Gasteiger partial charge is 0.230 e. The van der Waals surface area contributed by atoms with E-state index in [9.17, 15) is 4.79 Å². The fourth-order valence-corrected chi connectivity index (χ4v) is 2.06. The molecule has 0 bridgehead atoms. The predicted molar refractivity (Wildman–Crippen MR) is 80.6 cm³/mol. The highest BCUT2D eigenvalue weighted by Crippen LogP contribution is 2.15. The number of nitrogens with one attached hydrogen (secondary N) is 2. The van der Waals surface area contributed by atoms with Gasteiger partial charge in [-0.15, -0.1) is 24.2 Å². The summed E-state index contributed by atoms with van der Waals surface area (Å²) >= 11 is 1.56. The lowest BCUT2D eigenvalue weighted by molar-refractivity contribution is -0.118. The number of carbonyl (C=O) groups excluding carboxylic acids is 1. The van der Waals surface area contributed by atoms with E-state index in [0.29, 0.717) is 12.3 Å². The summed E-state index contributed by atoms with van der Waals surface area (Å²) in [7, 11) is 0. The van der Waals surface area contributed by atoms with Crippen LogP contribution >= 0.6 is 24.2 Å². The first kappa shape index (κ1) is 17.3. The molecule has 102 valence electrons. The van der Waals surface area contributed by atoms with E-state index < -0.39 is 0 Å². The van der Waals surface area contributed by atoms with E-state index in [1.807, 2.05) is 30.3 Å². The van der Waals surface area contributed by atoms with E-state index >= 15 is 0 Å². The van der Waals surface area contributed by atoms with Crippen molar-refractivity contribution in [3.8, 4) is 0 Å². The van der Waals surface area contributed by atoms with Gasteiger partial charge in [-0.05, 0) is 25.1 Å². The van der Waals surface area contributed by atoms with Gasteiger partial charge in [0.2, 0.25) is 5.91 Å². The molecule has 1 aromatic rings. The van der Waals surface area contributed by atoms with Crippen molar-refractivity contribution in [1.82, 2.24) is 10.6 Å². The van der Waals surface area contributed by atoms with E-state index in [2.05, 4.69) is 17.6 Å². The van der Waals surface area contributed by atoms with Gasteiger partial charge in [0.05, 0.1) is 5.75 Å². The molecule has 0 saturated heterocycles. The minimum absolute atomic E-state index is 0. The summed E-state index contributed by atoms with van der Waals surface area (Å²) in [5.74, 6) is 0.579. The van der Waals surface area contributed by atoms with Gasteiger partial charge in [-0.2, -0.15) is 0 Å². The molecule has 0 aliphatic rings. The lowest BCUT2D eigenvalue weighted by Crippen LogP contribution is -2.33. The van der Waals surface area contributed by atoms with Crippen LogP contribution in [-0.2, 0) is 4.79 Å². The molecule has 18 heavy (non-hydrogen) atoms. The van der Waals surface area contributed by atoms with E-state index in [1.54, 1.807) is 11.8 Å². The molecule has 2 N–H and O–H groups in total. The van der Waals surface area contributed by atoms with Gasteiger partial charge < -0.3 is 10.6 Å². The van der Waals surface area contributed by atoms with Crippen molar-refractivity contribution in [2.75, 3.05) is 25.4 Å². The van der Waals surface area contributed by atoms with Gasteiger partial charge in [-0.3, -0.25) is 4.79 Å².